The van der Waals surface area contributed by atoms with E-state index in [9.17, 15) is 4.79 Å². The van der Waals surface area contributed by atoms with Crippen LogP contribution < -0.4 is 10.6 Å². The Morgan fingerprint density at radius 3 is 3.11 bits per heavy atom. The Morgan fingerprint density at radius 1 is 1.58 bits per heavy atom. The number of carbonyl (C=O) groups excluding carboxylic acids is 1. The zero-order chi connectivity index (χ0) is 13.5. The summed E-state index contributed by atoms with van der Waals surface area (Å²) in [5.74, 6) is 0.473. The molecule has 0 aliphatic carbocycles. The lowest BCUT2D eigenvalue weighted by Gasteiger charge is -2.12. The maximum atomic E-state index is 11.2. The molecule has 1 aromatic heterocycles. The van der Waals surface area contributed by atoms with Gasteiger partial charge in [-0.3, -0.25) is 5.32 Å². The van der Waals surface area contributed by atoms with Crippen molar-refractivity contribution in [2.75, 3.05) is 30.4 Å². The predicted octanol–water partition coefficient (Wildman–Crippen LogP) is 2.24. The fraction of sp³-hybridized carbons (Fsp3) is 0.538. The monoisotopic (exact) mass is 265 g/mol. The third kappa shape index (κ3) is 4.40. The van der Waals surface area contributed by atoms with Gasteiger partial charge in [0.15, 0.2) is 0 Å². The molecule has 2 heterocycles. The fourth-order valence-electron chi connectivity index (χ4n) is 1.88. The summed E-state index contributed by atoms with van der Waals surface area (Å²) in [6, 6.07) is 3.60. The minimum atomic E-state index is -0.491. The van der Waals surface area contributed by atoms with Crippen molar-refractivity contribution in [3.8, 4) is 0 Å². The molecule has 0 bridgehead atoms. The highest BCUT2D eigenvalue weighted by molar-refractivity contribution is 5.83. The van der Waals surface area contributed by atoms with Gasteiger partial charge >= 0.3 is 6.09 Å². The Hall–Kier alpha value is -1.82. The maximum absolute atomic E-state index is 11.2. The second-order valence-electron chi connectivity index (χ2n) is 4.29. The number of nitrogens with zero attached hydrogens (tertiary/aromatic N) is 1. The van der Waals surface area contributed by atoms with E-state index in [1.165, 1.54) is 0 Å². The first-order valence-corrected chi connectivity index (χ1v) is 6.53. The molecule has 1 unspecified atom stereocenters. The number of ether oxygens (including phenoxy) is 2. The lowest BCUT2D eigenvalue weighted by molar-refractivity contribution is 0.120. The van der Waals surface area contributed by atoms with Gasteiger partial charge in [-0.05, 0) is 31.9 Å². The number of pyridine rings is 1. The first kappa shape index (κ1) is 13.6. The number of aromatic nitrogens is 1. The van der Waals surface area contributed by atoms with E-state index >= 15 is 0 Å². The standard InChI is InChI=1S/C13H19N3O3/c1-2-18-13(17)16-12-6-5-10(8-15-12)14-9-11-4-3-7-19-11/h5-6,8,11,14H,2-4,7,9H2,1H3,(H,15,16,17). The molecule has 1 aliphatic heterocycles. The highest BCUT2D eigenvalue weighted by Gasteiger charge is 2.14. The molecule has 2 N–H and O–H groups in total. The second-order valence-corrected chi connectivity index (χ2v) is 4.29. The Labute approximate surface area is 112 Å². The van der Waals surface area contributed by atoms with Gasteiger partial charge in [0.05, 0.1) is 24.6 Å². The lowest BCUT2D eigenvalue weighted by atomic mass is 10.2. The molecule has 1 aromatic rings. The van der Waals surface area contributed by atoms with Crippen LogP contribution >= 0.6 is 0 Å². The van der Waals surface area contributed by atoms with E-state index in [1.54, 1.807) is 19.2 Å². The molecule has 1 fully saturated rings. The number of hydrogen-bond acceptors (Lipinski definition) is 5. The number of amides is 1. The van der Waals surface area contributed by atoms with Crippen LogP contribution in [0.5, 0.6) is 0 Å². The predicted molar refractivity (Wildman–Crippen MR) is 72.3 cm³/mol. The molecule has 1 atom stereocenters. The van der Waals surface area contributed by atoms with E-state index in [4.69, 9.17) is 9.47 Å². The smallest absolute Gasteiger partial charge is 0.412 e. The van der Waals surface area contributed by atoms with Gasteiger partial charge in [-0.15, -0.1) is 0 Å². The minimum Gasteiger partial charge on any atom is -0.450 e. The van der Waals surface area contributed by atoms with Crippen LogP contribution in [0, 0.1) is 0 Å². The molecule has 0 radical (unpaired) electrons. The topological polar surface area (TPSA) is 72.5 Å². The molecule has 19 heavy (non-hydrogen) atoms. The van der Waals surface area contributed by atoms with Crippen LogP contribution in [-0.2, 0) is 9.47 Å². The summed E-state index contributed by atoms with van der Waals surface area (Å²) in [5.41, 5.74) is 0.907. The SMILES string of the molecule is CCOC(=O)Nc1ccc(NCC2CCCO2)cn1. The zero-order valence-electron chi connectivity index (χ0n) is 11.0. The molecule has 2 rings (SSSR count). The van der Waals surface area contributed by atoms with E-state index < -0.39 is 6.09 Å². The summed E-state index contributed by atoms with van der Waals surface area (Å²) in [6.07, 6.45) is 3.71. The van der Waals surface area contributed by atoms with Gasteiger partial charge in [-0.25, -0.2) is 9.78 Å². The van der Waals surface area contributed by atoms with Crippen molar-refractivity contribution in [3.05, 3.63) is 18.3 Å². The normalized spacial score (nSPS) is 18.1. The van der Waals surface area contributed by atoms with Gasteiger partial charge in [0.25, 0.3) is 0 Å². The maximum Gasteiger partial charge on any atom is 0.412 e. The van der Waals surface area contributed by atoms with E-state index in [-0.39, 0.29) is 6.10 Å². The van der Waals surface area contributed by atoms with Crippen LogP contribution in [0.15, 0.2) is 18.3 Å². The van der Waals surface area contributed by atoms with Gasteiger partial charge in [-0.1, -0.05) is 0 Å². The van der Waals surface area contributed by atoms with E-state index in [0.29, 0.717) is 12.4 Å². The Kier molecular flexibility index (Phi) is 4.97. The van der Waals surface area contributed by atoms with Crippen molar-refractivity contribution in [3.63, 3.8) is 0 Å². The minimum absolute atomic E-state index is 0.289. The Morgan fingerprint density at radius 2 is 2.47 bits per heavy atom. The van der Waals surface area contributed by atoms with Crippen LogP contribution in [0.2, 0.25) is 0 Å². The first-order chi connectivity index (χ1) is 9.28. The number of hydrogen-bond donors (Lipinski definition) is 2. The molecular formula is C13H19N3O3. The van der Waals surface area contributed by atoms with Gasteiger partial charge in [0, 0.05) is 13.2 Å². The van der Waals surface area contributed by atoms with Crippen molar-refractivity contribution in [1.29, 1.82) is 0 Å². The molecule has 0 saturated carbocycles. The molecule has 104 valence electrons. The lowest BCUT2D eigenvalue weighted by Crippen LogP contribution is -2.18. The first-order valence-electron chi connectivity index (χ1n) is 6.53. The summed E-state index contributed by atoms with van der Waals surface area (Å²) < 4.78 is 10.3. The third-order valence-corrected chi connectivity index (χ3v) is 2.83. The van der Waals surface area contributed by atoms with Crippen molar-refractivity contribution < 1.29 is 14.3 Å². The van der Waals surface area contributed by atoms with Crippen LogP contribution in [0.1, 0.15) is 19.8 Å². The van der Waals surface area contributed by atoms with Gasteiger partial charge < -0.3 is 14.8 Å². The Balaban J connectivity index is 1.78. The van der Waals surface area contributed by atoms with Crippen molar-refractivity contribution in [1.82, 2.24) is 4.98 Å². The largest absolute Gasteiger partial charge is 0.450 e. The highest BCUT2D eigenvalue weighted by atomic mass is 16.5. The Bertz CT molecular complexity index is 402. The van der Waals surface area contributed by atoms with Crippen LogP contribution in [-0.4, -0.2) is 36.9 Å². The molecule has 0 spiro atoms. The second kappa shape index (κ2) is 6.94. The zero-order valence-corrected chi connectivity index (χ0v) is 11.0. The fourth-order valence-corrected chi connectivity index (χ4v) is 1.88. The summed E-state index contributed by atoms with van der Waals surface area (Å²) in [7, 11) is 0. The average Bonchev–Trinajstić information content (AvgIpc) is 2.91. The van der Waals surface area contributed by atoms with Gasteiger partial charge in [0.2, 0.25) is 0 Å². The van der Waals surface area contributed by atoms with E-state index in [2.05, 4.69) is 15.6 Å². The summed E-state index contributed by atoms with van der Waals surface area (Å²) in [4.78, 5) is 15.3. The molecule has 6 heteroatoms. The van der Waals surface area contributed by atoms with Crippen molar-refractivity contribution in [2.45, 2.75) is 25.9 Å². The summed E-state index contributed by atoms with van der Waals surface area (Å²) in [5, 5.41) is 5.80. The van der Waals surface area contributed by atoms with Gasteiger partial charge in [0.1, 0.15) is 5.82 Å². The van der Waals surface area contributed by atoms with Crippen LogP contribution in [0.3, 0.4) is 0 Å². The van der Waals surface area contributed by atoms with E-state index in [0.717, 1.165) is 31.7 Å². The molecule has 6 nitrogen and oxygen atoms in total. The molecular weight excluding hydrogens is 246 g/mol. The number of rotatable bonds is 5. The number of carbonyl (C=O) groups is 1. The molecule has 1 saturated heterocycles. The summed E-state index contributed by atoms with van der Waals surface area (Å²) in [6.45, 7) is 3.73. The highest BCUT2D eigenvalue weighted by Crippen LogP contribution is 2.14. The van der Waals surface area contributed by atoms with Crippen LogP contribution in [0.4, 0.5) is 16.3 Å². The quantitative estimate of drug-likeness (QED) is 0.854. The van der Waals surface area contributed by atoms with Crippen LogP contribution in [0.25, 0.3) is 0 Å². The molecule has 1 amide bonds. The molecule has 0 aromatic carbocycles. The van der Waals surface area contributed by atoms with Crippen molar-refractivity contribution >= 4 is 17.6 Å². The number of anilines is 2. The third-order valence-electron chi connectivity index (χ3n) is 2.83. The number of nitrogens with one attached hydrogen (secondary N) is 2. The van der Waals surface area contributed by atoms with Gasteiger partial charge in [-0.2, -0.15) is 0 Å². The van der Waals surface area contributed by atoms with E-state index in [1.807, 2.05) is 6.07 Å². The summed E-state index contributed by atoms with van der Waals surface area (Å²) >= 11 is 0. The van der Waals surface area contributed by atoms with Crippen molar-refractivity contribution in [2.24, 2.45) is 0 Å². The molecule has 1 aliphatic rings. The average molecular weight is 265 g/mol.